The van der Waals surface area contributed by atoms with Crippen LogP contribution in [0.4, 0.5) is 5.69 Å². The highest BCUT2D eigenvalue weighted by molar-refractivity contribution is 5.93. The molecule has 126 valence electrons. The Bertz CT molecular complexity index is 573. The van der Waals surface area contributed by atoms with Crippen LogP contribution in [0, 0.1) is 25.7 Å². The number of anilines is 1. The number of aryl methyl sites for hydroxylation is 2. The molecule has 1 fully saturated rings. The van der Waals surface area contributed by atoms with Gasteiger partial charge < -0.3 is 10.6 Å². The summed E-state index contributed by atoms with van der Waals surface area (Å²) in [5, 5.41) is 5.98. The molecule has 4 nitrogen and oxygen atoms in total. The van der Waals surface area contributed by atoms with E-state index in [0.29, 0.717) is 0 Å². The predicted molar refractivity (Wildman–Crippen MR) is 93.3 cm³/mol. The SMILES string of the molecule is Cc1ccc(NC(=O)C2CCC(C(=O)NC(C)C)CC2)cc1C. The van der Waals surface area contributed by atoms with Gasteiger partial charge in [0.2, 0.25) is 11.8 Å². The van der Waals surface area contributed by atoms with E-state index in [0.717, 1.165) is 31.4 Å². The Morgan fingerprint density at radius 1 is 0.957 bits per heavy atom. The standard InChI is InChI=1S/C19H28N2O2/c1-12(2)20-18(22)15-6-8-16(9-7-15)19(23)21-17-10-5-13(3)14(4)11-17/h5,10-12,15-16H,6-9H2,1-4H3,(H,20,22)(H,21,23). The van der Waals surface area contributed by atoms with Gasteiger partial charge in [-0.25, -0.2) is 0 Å². The summed E-state index contributed by atoms with van der Waals surface area (Å²) in [5.74, 6) is 0.284. The molecule has 1 aliphatic carbocycles. The number of amides is 2. The summed E-state index contributed by atoms with van der Waals surface area (Å²) >= 11 is 0. The van der Waals surface area contributed by atoms with Crippen molar-refractivity contribution in [1.82, 2.24) is 5.32 Å². The van der Waals surface area contributed by atoms with Crippen molar-refractivity contribution in [3.63, 3.8) is 0 Å². The first kappa shape index (κ1) is 17.5. The molecule has 0 bridgehead atoms. The van der Waals surface area contributed by atoms with Gasteiger partial charge in [0, 0.05) is 23.6 Å². The molecule has 1 aromatic carbocycles. The molecule has 0 radical (unpaired) electrons. The Morgan fingerprint density at radius 3 is 2.04 bits per heavy atom. The lowest BCUT2D eigenvalue weighted by Gasteiger charge is -2.27. The molecule has 0 atom stereocenters. The quantitative estimate of drug-likeness (QED) is 0.892. The molecule has 0 aliphatic heterocycles. The summed E-state index contributed by atoms with van der Waals surface area (Å²) < 4.78 is 0. The van der Waals surface area contributed by atoms with Crippen molar-refractivity contribution in [3.05, 3.63) is 29.3 Å². The fourth-order valence-electron chi connectivity index (χ4n) is 3.08. The maximum atomic E-state index is 12.4. The van der Waals surface area contributed by atoms with Crippen LogP contribution in [0.1, 0.15) is 50.7 Å². The zero-order valence-electron chi connectivity index (χ0n) is 14.6. The Hall–Kier alpha value is -1.84. The van der Waals surface area contributed by atoms with Gasteiger partial charge >= 0.3 is 0 Å². The second-order valence-corrected chi connectivity index (χ2v) is 7.00. The van der Waals surface area contributed by atoms with Crippen LogP contribution in [-0.4, -0.2) is 17.9 Å². The number of rotatable bonds is 4. The molecule has 1 saturated carbocycles. The minimum Gasteiger partial charge on any atom is -0.354 e. The van der Waals surface area contributed by atoms with Gasteiger partial charge in [0.25, 0.3) is 0 Å². The average Bonchev–Trinajstić information content (AvgIpc) is 2.50. The van der Waals surface area contributed by atoms with Crippen molar-refractivity contribution in [2.24, 2.45) is 11.8 Å². The molecule has 4 heteroatoms. The lowest BCUT2D eigenvalue weighted by atomic mass is 9.81. The van der Waals surface area contributed by atoms with E-state index in [4.69, 9.17) is 0 Å². The third-order valence-electron chi connectivity index (χ3n) is 4.67. The molecular formula is C19H28N2O2. The number of carbonyl (C=O) groups is 2. The third-order valence-corrected chi connectivity index (χ3v) is 4.67. The fourth-order valence-corrected chi connectivity index (χ4v) is 3.08. The maximum Gasteiger partial charge on any atom is 0.227 e. The minimum atomic E-state index is 0.0136. The highest BCUT2D eigenvalue weighted by Crippen LogP contribution is 2.30. The van der Waals surface area contributed by atoms with Gasteiger partial charge in [-0.1, -0.05) is 6.07 Å². The van der Waals surface area contributed by atoms with Gasteiger partial charge in [0.15, 0.2) is 0 Å². The van der Waals surface area contributed by atoms with Crippen LogP contribution in [0.5, 0.6) is 0 Å². The molecule has 1 aromatic rings. The smallest absolute Gasteiger partial charge is 0.227 e. The van der Waals surface area contributed by atoms with Crippen LogP contribution in [0.15, 0.2) is 18.2 Å². The molecular weight excluding hydrogens is 288 g/mol. The molecule has 0 aromatic heterocycles. The van der Waals surface area contributed by atoms with Gasteiger partial charge in [0.05, 0.1) is 0 Å². The lowest BCUT2D eigenvalue weighted by Crippen LogP contribution is -2.38. The molecule has 0 unspecified atom stereocenters. The Morgan fingerprint density at radius 2 is 1.52 bits per heavy atom. The van der Waals surface area contributed by atoms with Gasteiger partial charge in [-0.05, 0) is 76.6 Å². The van der Waals surface area contributed by atoms with Crippen LogP contribution < -0.4 is 10.6 Å². The number of carbonyl (C=O) groups excluding carboxylic acids is 2. The van der Waals surface area contributed by atoms with E-state index in [9.17, 15) is 9.59 Å². The van der Waals surface area contributed by atoms with Gasteiger partial charge in [-0.15, -0.1) is 0 Å². The summed E-state index contributed by atoms with van der Waals surface area (Å²) in [7, 11) is 0. The number of benzene rings is 1. The summed E-state index contributed by atoms with van der Waals surface area (Å²) in [5.41, 5.74) is 3.26. The first-order chi connectivity index (χ1) is 10.9. The summed E-state index contributed by atoms with van der Waals surface area (Å²) in [6, 6.07) is 6.16. The van der Waals surface area contributed by atoms with Gasteiger partial charge in [-0.3, -0.25) is 9.59 Å². The molecule has 0 spiro atoms. The first-order valence-corrected chi connectivity index (χ1v) is 8.55. The number of nitrogens with one attached hydrogen (secondary N) is 2. The van der Waals surface area contributed by atoms with Crippen LogP contribution in [0.25, 0.3) is 0 Å². The van der Waals surface area contributed by atoms with Crippen LogP contribution in [0.2, 0.25) is 0 Å². The van der Waals surface area contributed by atoms with Gasteiger partial charge in [-0.2, -0.15) is 0 Å². The van der Waals surface area contributed by atoms with Crippen LogP contribution in [-0.2, 0) is 9.59 Å². The van der Waals surface area contributed by atoms with Crippen LogP contribution >= 0.6 is 0 Å². The van der Waals surface area contributed by atoms with E-state index >= 15 is 0 Å². The normalized spacial score (nSPS) is 21.1. The largest absolute Gasteiger partial charge is 0.354 e. The van der Waals surface area contributed by atoms with E-state index < -0.39 is 0 Å². The third kappa shape index (κ3) is 4.81. The molecule has 0 heterocycles. The Labute approximate surface area is 139 Å². The van der Waals surface area contributed by atoms with Crippen molar-refractivity contribution >= 4 is 17.5 Å². The summed E-state index contributed by atoms with van der Waals surface area (Å²) in [4.78, 5) is 24.4. The lowest BCUT2D eigenvalue weighted by molar-refractivity contribution is -0.128. The van der Waals surface area contributed by atoms with Crippen molar-refractivity contribution in [2.45, 2.75) is 59.4 Å². The zero-order valence-corrected chi connectivity index (χ0v) is 14.6. The predicted octanol–water partition coefficient (Wildman–Crippen LogP) is 3.57. The fraction of sp³-hybridized carbons (Fsp3) is 0.579. The van der Waals surface area contributed by atoms with Crippen molar-refractivity contribution in [1.29, 1.82) is 0 Å². The van der Waals surface area contributed by atoms with E-state index in [1.54, 1.807) is 0 Å². The zero-order chi connectivity index (χ0) is 17.0. The second kappa shape index (κ2) is 7.62. The molecule has 2 rings (SSSR count). The first-order valence-electron chi connectivity index (χ1n) is 8.55. The Balaban J connectivity index is 1.86. The number of hydrogen-bond donors (Lipinski definition) is 2. The minimum absolute atomic E-state index is 0.0136. The molecule has 23 heavy (non-hydrogen) atoms. The topological polar surface area (TPSA) is 58.2 Å². The molecule has 2 N–H and O–H groups in total. The average molecular weight is 316 g/mol. The summed E-state index contributed by atoms with van der Waals surface area (Å²) in [6.07, 6.45) is 3.16. The van der Waals surface area contributed by atoms with Gasteiger partial charge in [0.1, 0.15) is 0 Å². The van der Waals surface area contributed by atoms with Crippen LogP contribution in [0.3, 0.4) is 0 Å². The number of hydrogen-bond acceptors (Lipinski definition) is 2. The van der Waals surface area contributed by atoms with E-state index in [-0.39, 0.29) is 29.7 Å². The molecule has 0 saturated heterocycles. The van der Waals surface area contributed by atoms with Crippen molar-refractivity contribution in [2.75, 3.05) is 5.32 Å². The van der Waals surface area contributed by atoms with E-state index in [2.05, 4.69) is 17.6 Å². The summed E-state index contributed by atoms with van der Waals surface area (Å²) in [6.45, 7) is 8.05. The highest BCUT2D eigenvalue weighted by Gasteiger charge is 2.30. The van der Waals surface area contributed by atoms with Crippen molar-refractivity contribution in [3.8, 4) is 0 Å². The highest BCUT2D eigenvalue weighted by atomic mass is 16.2. The van der Waals surface area contributed by atoms with E-state index in [1.165, 1.54) is 11.1 Å². The molecule has 1 aliphatic rings. The van der Waals surface area contributed by atoms with Crippen molar-refractivity contribution < 1.29 is 9.59 Å². The van der Waals surface area contributed by atoms with E-state index in [1.807, 2.05) is 39.0 Å². The maximum absolute atomic E-state index is 12.4. The molecule has 2 amide bonds. The Kier molecular flexibility index (Phi) is 5.80. The monoisotopic (exact) mass is 316 g/mol. The second-order valence-electron chi connectivity index (χ2n) is 7.00.